The zero-order valence-electron chi connectivity index (χ0n) is 23.9. The van der Waals surface area contributed by atoms with E-state index in [-0.39, 0.29) is 37.0 Å². The van der Waals surface area contributed by atoms with Gasteiger partial charge in [0.1, 0.15) is 10.9 Å². The molecule has 1 aliphatic rings. The van der Waals surface area contributed by atoms with Gasteiger partial charge in [-0.1, -0.05) is 84.9 Å². The number of aromatic nitrogens is 2. The lowest BCUT2D eigenvalue weighted by molar-refractivity contribution is -0.136. The highest BCUT2D eigenvalue weighted by Gasteiger charge is 2.43. The van der Waals surface area contributed by atoms with Crippen LogP contribution < -0.4 is 5.32 Å². The van der Waals surface area contributed by atoms with Crippen LogP contribution >= 0.6 is 0 Å². The zero-order valence-corrected chi connectivity index (χ0v) is 24.7. The average Bonchev–Trinajstić information content (AvgIpc) is 3.08. The molecule has 1 N–H and O–H groups in total. The fourth-order valence-electron chi connectivity index (χ4n) is 5.63. The minimum atomic E-state index is -4.18. The van der Waals surface area contributed by atoms with Gasteiger partial charge in [-0.2, -0.15) is 4.31 Å². The van der Waals surface area contributed by atoms with Crippen molar-refractivity contribution >= 4 is 32.7 Å². The van der Waals surface area contributed by atoms with E-state index in [1.807, 2.05) is 66.7 Å². The Morgan fingerprint density at radius 1 is 0.773 bits per heavy atom. The molecule has 222 valence electrons. The van der Waals surface area contributed by atoms with Crippen LogP contribution in [-0.4, -0.2) is 65.1 Å². The highest BCUT2D eigenvalue weighted by molar-refractivity contribution is 7.89. The summed E-state index contributed by atoms with van der Waals surface area (Å²) in [6, 6.07) is 31.6. The summed E-state index contributed by atoms with van der Waals surface area (Å²) >= 11 is 0. The Hall–Kier alpha value is -4.93. The Kier molecular flexibility index (Phi) is 8.44. The standard InChI is InChI=1S/C34H31N5O4S/c40-33(37-23-28-17-7-8-19-35-28)29-24-38(34(41)31(25-11-3-1-4-12-25)26-13-5-2-6-14-26)21-22-39(29)44(42,43)30-18-9-15-27-16-10-20-36-32(27)30/h1-20,29,31H,21-24H2,(H,37,40). The van der Waals surface area contributed by atoms with Gasteiger partial charge < -0.3 is 10.2 Å². The molecule has 1 atom stereocenters. The molecule has 1 aliphatic heterocycles. The molecule has 44 heavy (non-hydrogen) atoms. The van der Waals surface area contributed by atoms with Crippen LogP contribution in [0.2, 0.25) is 0 Å². The molecular weight excluding hydrogens is 574 g/mol. The molecule has 1 unspecified atom stereocenters. The molecule has 5 aromatic rings. The van der Waals surface area contributed by atoms with Crippen molar-refractivity contribution in [3.8, 4) is 0 Å². The van der Waals surface area contributed by atoms with E-state index in [4.69, 9.17) is 0 Å². The van der Waals surface area contributed by atoms with Crippen molar-refractivity contribution in [1.29, 1.82) is 0 Å². The van der Waals surface area contributed by atoms with Crippen LogP contribution in [0, 0.1) is 0 Å². The van der Waals surface area contributed by atoms with Crippen LogP contribution in [-0.2, 0) is 26.2 Å². The third kappa shape index (κ3) is 5.95. The molecule has 0 radical (unpaired) electrons. The number of carbonyl (C=O) groups is 2. The third-order valence-corrected chi connectivity index (χ3v) is 9.75. The van der Waals surface area contributed by atoms with Gasteiger partial charge in [0.05, 0.1) is 23.7 Å². The van der Waals surface area contributed by atoms with Crippen LogP contribution in [0.5, 0.6) is 0 Å². The number of hydrogen-bond donors (Lipinski definition) is 1. The number of piperazine rings is 1. The minimum absolute atomic E-state index is 0.0179. The SMILES string of the molecule is O=C(NCc1ccccn1)C1CN(C(=O)C(c2ccccc2)c2ccccc2)CCN1S(=O)(=O)c1cccc2cccnc12. The molecular formula is C34H31N5O4S. The Balaban J connectivity index is 1.34. The van der Waals surface area contributed by atoms with Crippen molar-refractivity contribution in [1.82, 2.24) is 24.5 Å². The van der Waals surface area contributed by atoms with Gasteiger partial charge in [-0.05, 0) is 35.4 Å². The second-order valence-corrected chi connectivity index (χ2v) is 12.4. The fraction of sp³-hybridized carbons (Fsp3) is 0.176. The predicted octanol–water partition coefficient (Wildman–Crippen LogP) is 3.98. The summed E-state index contributed by atoms with van der Waals surface area (Å²) in [5.74, 6) is -1.32. The largest absolute Gasteiger partial charge is 0.349 e. The van der Waals surface area contributed by atoms with Crippen molar-refractivity contribution in [3.05, 3.63) is 138 Å². The summed E-state index contributed by atoms with van der Waals surface area (Å²) in [6.07, 6.45) is 3.17. The van der Waals surface area contributed by atoms with Gasteiger partial charge in [0.2, 0.25) is 21.8 Å². The molecule has 0 saturated carbocycles. The number of rotatable bonds is 8. The monoisotopic (exact) mass is 605 g/mol. The summed E-state index contributed by atoms with van der Waals surface area (Å²) < 4.78 is 29.7. The first kappa shape index (κ1) is 29.2. The summed E-state index contributed by atoms with van der Waals surface area (Å²) in [5.41, 5.74) is 2.59. The number of hydrogen-bond acceptors (Lipinski definition) is 6. The van der Waals surface area contributed by atoms with Crippen molar-refractivity contribution in [2.24, 2.45) is 0 Å². The number of nitrogens with zero attached hydrogens (tertiary/aromatic N) is 4. The number of sulfonamides is 1. The summed E-state index contributed by atoms with van der Waals surface area (Å²) in [6.45, 7) is 0.0661. The lowest BCUT2D eigenvalue weighted by atomic mass is 9.89. The van der Waals surface area contributed by atoms with Gasteiger partial charge in [0.15, 0.2) is 0 Å². The lowest BCUT2D eigenvalue weighted by Crippen LogP contribution is -2.61. The van der Waals surface area contributed by atoms with E-state index in [0.717, 1.165) is 11.1 Å². The first-order valence-corrected chi connectivity index (χ1v) is 15.8. The maximum atomic E-state index is 14.3. The molecule has 1 fully saturated rings. The normalized spacial score (nSPS) is 15.8. The molecule has 0 spiro atoms. The number of benzene rings is 3. The number of amides is 2. The van der Waals surface area contributed by atoms with Gasteiger partial charge in [0, 0.05) is 37.4 Å². The summed E-state index contributed by atoms with van der Waals surface area (Å²) in [5, 5.41) is 3.52. The highest BCUT2D eigenvalue weighted by Crippen LogP contribution is 2.31. The first-order chi connectivity index (χ1) is 21.4. The molecule has 3 heterocycles. The Morgan fingerprint density at radius 2 is 1.43 bits per heavy atom. The third-order valence-electron chi connectivity index (χ3n) is 7.81. The zero-order chi connectivity index (χ0) is 30.5. The second-order valence-electron chi connectivity index (χ2n) is 10.5. The minimum Gasteiger partial charge on any atom is -0.349 e. The molecule has 2 aromatic heterocycles. The van der Waals surface area contributed by atoms with Gasteiger partial charge in [-0.15, -0.1) is 0 Å². The van der Waals surface area contributed by atoms with Crippen LogP contribution in [0.3, 0.4) is 0 Å². The maximum Gasteiger partial charge on any atom is 0.246 e. The number of carbonyl (C=O) groups excluding carboxylic acids is 2. The Labute approximate surface area is 256 Å². The topological polar surface area (TPSA) is 113 Å². The molecule has 0 bridgehead atoms. The lowest BCUT2D eigenvalue weighted by Gasteiger charge is -2.40. The van der Waals surface area contributed by atoms with Crippen molar-refractivity contribution in [2.75, 3.05) is 19.6 Å². The van der Waals surface area contributed by atoms with E-state index >= 15 is 0 Å². The van der Waals surface area contributed by atoms with Gasteiger partial charge >= 0.3 is 0 Å². The predicted molar refractivity (Wildman–Crippen MR) is 167 cm³/mol. The fourth-order valence-corrected chi connectivity index (χ4v) is 7.37. The number of pyridine rings is 2. The molecule has 10 heteroatoms. The van der Waals surface area contributed by atoms with E-state index in [1.165, 1.54) is 10.4 Å². The van der Waals surface area contributed by atoms with E-state index in [2.05, 4.69) is 15.3 Å². The van der Waals surface area contributed by atoms with Gasteiger partial charge in [-0.3, -0.25) is 19.6 Å². The van der Waals surface area contributed by atoms with E-state index in [1.54, 1.807) is 53.7 Å². The second kappa shape index (κ2) is 12.7. The number of nitrogens with one attached hydrogen (secondary N) is 1. The highest BCUT2D eigenvalue weighted by atomic mass is 32.2. The van der Waals surface area contributed by atoms with Crippen LogP contribution in [0.1, 0.15) is 22.7 Å². The summed E-state index contributed by atoms with van der Waals surface area (Å²) in [4.78, 5) is 38.3. The van der Waals surface area contributed by atoms with E-state index < -0.39 is 27.9 Å². The molecule has 6 rings (SSSR count). The Bertz CT molecular complexity index is 1830. The molecule has 1 saturated heterocycles. The van der Waals surface area contributed by atoms with E-state index in [0.29, 0.717) is 16.6 Å². The van der Waals surface area contributed by atoms with Crippen LogP contribution in [0.25, 0.3) is 10.9 Å². The van der Waals surface area contributed by atoms with Crippen LogP contribution in [0.15, 0.2) is 126 Å². The van der Waals surface area contributed by atoms with Crippen molar-refractivity contribution in [3.63, 3.8) is 0 Å². The van der Waals surface area contributed by atoms with Gasteiger partial charge in [0.25, 0.3) is 0 Å². The number of para-hydroxylation sites is 1. The number of fused-ring (bicyclic) bond motifs is 1. The molecule has 2 amide bonds. The molecule has 0 aliphatic carbocycles. The first-order valence-electron chi connectivity index (χ1n) is 14.4. The Morgan fingerprint density at radius 3 is 2.11 bits per heavy atom. The molecule has 9 nitrogen and oxygen atoms in total. The van der Waals surface area contributed by atoms with Crippen molar-refractivity contribution in [2.45, 2.75) is 23.4 Å². The quantitative estimate of drug-likeness (QED) is 0.286. The van der Waals surface area contributed by atoms with Crippen molar-refractivity contribution < 1.29 is 18.0 Å². The molecule has 3 aromatic carbocycles. The maximum absolute atomic E-state index is 14.3. The van der Waals surface area contributed by atoms with E-state index in [9.17, 15) is 18.0 Å². The summed E-state index contributed by atoms with van der Waals surface area (Å²) in [7, 11) is -4.18. The van der Waals surface area contributed by atoms with Gasteiger partial charge in [-0.25, -0.2) is 8.42 Å². The average molecular weight is 606 g/mol. The van der Waals surface area contributed by atoms with Crippen LogP contribution in [0.4, 0.5) is 0 Å². The smallest absolute Gasteiger partial charge is 0.246 e.